The number of aliphatic hydroxyl groups is 1. The fraction of sp³-hybridized carbons (Fsp3) is 0.280. The molecule has 2 aromatic carbocycles. The number of carbonyl (C=O) groups excluding carboxylic acids is 1. The van der Waals surface area contributed by atoms with Crippen molar-refractivity contribution >= 4 is 11.7 Å². The van der Waals surface area contributed by atoms with Crippen LogP contribution in [0.2, 0.25) is 0 Å². The van der Waals surface area contributed by atoms with Gasteiger partial charge in [0.1, 0.15) is 29.5 Å². The molecule has 1 heterocycles. The summed E-state index contributed by atoms with van der Waals surface area (Å²) in [5.74, 6) is 1.04. The maximum absolute atomic E-state index is 12.9. The summed E-state index contributed by atoms with van der Waals surface area (Å²) < 4.78 is 17.2. The number of methoxy groups -OCH3 is 1. The number of nitrogens with zero attached hydrogens (tertiary/aromatic N) is 1. The van der Waals surface area contributed by atoms with Crippen molar-refractivity contribution in [3.05, 3.63) is 83.6 Å². The lowest BCUT2D eigenvalue weighted by molar-refractivity contribution is 0.0913. The summed E-state index contributed by atoms with van der Waals surface area (Å²) in [6, 6.07) is 18.3. The van der Waals surface area contributed by atoms with Crippen LogP contribution in [0.4, 0.5) is 5.82 Å². The standard InChI is InChI=1S/C25H28N2O5/c1-17(16-30-3)31-22-11-21(25(29)27-24-10-9-19(15-28)14-26-24)12-23(13-22)32-18(2)20-7-5-4-6-8-20/h4-14,17-18,28H,15-16H2,1-3H3,(H,26,27,29)/t17-,18-/m0/s1. The van der Waals surface area contributed by atoms with Crippen molar-refractivity contribution in [2.45, 2.75) is 32.7 Å². The number of anilines is 1. The molecule has 0 unspecified atom stereocenters. The highest BCUT2D eigenvalue weighted by molar-refractivity contribution is 6.04. The molecular formula is C25H28N2O5. The van der Waals surface area contributed by atoms with Gasteiger partial charge in [-0.25, -0.2) is 4.98 Å². The molecule has 0 spiro atoms. The first kappa shape index (κ1) is 23.2. The molecule has 1 aromatic heterocycles. The molecule has 7 heteroatoms. The average molecular weight is 437 g/mol. The maximum atomic E-state index is 12.9. The Morgan fingerprint density at radius 3 is 2.38 bits per heavy atom. The van der Waals surface area contributed by atoms with Gasteiger partial charge in [0.15, 0.2) is 0 Å². The molecule has 32 heavy (non-hydrogen) atoms. The smallest absolute Gasteiger partial charge is 0.257 e. The van der Waals surface area contributed by atoms with Crippen molar-refractivity contribution in [2.75, 3.05) is 19.0 Å². The van der Waals surface area contributed by atoms with Crippen molar-refractivity contribution < 1.29 is 24.1 Å². The van der Waals surface area contributed by atoms with E-state index >= 15 is 0 Å². The number of hydrogen-bond acceptors (Lipinski definition) is 6. The van der Waals surface area contributed by atoms with Gasteiger partial charge in [-0.1, -0.05) is 36.4 Å². The summed E-state index contributed by atoms with van der Waals surface area (Å²) in [6.07, 6.45) is 1.09. The van der Waals surface area contributed by atoms with Crippen LogP contribution in [0.15, 0.2) is 66.9 Å². The van der Waals surface area contributed by atoms with Gasteiger partial charge in [-0.05, 0) is 43.2 Å². The molecule has 1 amide bonds. The zero-order chi connectivity index (χ0) is 22.9. The molecule has 0 saturated heterocycles. The van der Waals surface area contributed by atoms with E-state index in [1.54, 1.807) is 37.4 Å². The number of pyridine rings is 1. The summed E-state index contributed by atoms with van der Waals surface area (Å²) in [4.78, 5) is 17.1. The molecule has 168 valence electrons. The SMILES string of the molecule is COC[C@H](C)Oc1cc(O[C@@H](C)c2ccccc2)cc(C(=O)Nc2ccc(CO)cn2)c1. The van der Waals surface area contributed by atoms with E-state index < -0.39 is 0 Å². The average Bonchev–Trinajstić information content (AvgIpc) is 2.80. The van der Waals surface area contributed by atoms with E-state index in [0.29, 0.717) is 35.1 Å². The Morgan fingerprint density at radius 2 is 1.75 bits per heavy atom. The first-order valence-corrected chi connectivity index (χ1v) is 10.4. The molecule has 0 radical (unpaired) electrons. The zero-order valence-electron chi connectivity index (χ0n) is 18.4. The van der Waals surface area contributed by atoms with E-state index in [9.17, 15) is 4.79 Å². The van der Waals surface area contributed by atoms with Crippen molar-refractivity contribution in [3.63, 3.8) is 0 Å². The van der Waals surface area contributed by atoms with Gasteiger partial charge in [0.2, 0.25) is 0 Å². The molecule has 0 aliphatic heterocycles. The maximum Gasteiger partial charge on any atom is 0.257 e. The van der Waals surface area contributed by atoms with Gasteiger partial charge in [0, 0.05) is 24.9 Å². The Balaban J connectivity index is 1.83. The van der Waals surface area contributed by atoms with Crippen molar-refractivity contribution in [1.29, 1.82) is 0 Å². The molecule has 7 nitrogen and oxygen atoms in total. The highest BCUT2D eigenvalue weighted by Crippen LogP contribution is 2.28. The molecule has 2 N–H and O–H groups in total. The molecule has 0 aliphatic carbocycles. The fourth-order valence-electron chi connectivity index (χ4n) is 3.12. The normalized spacial score (nSPS) is 12.6. The number of amides is 1. The fourth-order valence-corrected chi connectivity index (χ4v) is 3.12. The predicted octanol–water partition coefficient (Wildman–Crippen LogP) is 4.38. The van der Waals surface area contributed by atoms with Gasteiger partial charge in [-0.3, -0.25) is 4.79 Å². The van der Waals surface area contributed by atoms with Gasteiger partial charge in [0.05, 0.1) is 13.2 Å². The molecule has 0 bridgehead atoms. The molecule has 2 atom stereocenters. The number of rotatable bonds is 10. The predicted molar refractivity (Wildman–Crippen MR) is 122 cm³/mol. The lowest BCUT2D eigenvalue weighted by atomic mass is 10.1. The van der Waals surface area contributed by atoms with Gasteiger partial charge >= 0.3 is 0 Å². The minimum Gasteiger partial charge on any atom is -0.488 e. The topological polar surface area (TPSA) is 89.9 Å². The Hall–Kier alpha value is -3.42. The third-order valence-corrected chi connectivity index (χ3v) is 4.71. The molecule has 0 fully saturated rings. The molecule has 3 aromatic rings. The molecule has 3 rings (SSSR count). The third kappa shape index (κ3) is 6.54. The Morgan fingerprint density at radius 1 is 1.03 bits per heavy atom. The highest BCUT2D eigenvalue weighted by atomic mass is 16.5. The summed E-state index contributed by atoms with van der Waals surface area (Å²) in [6.45, 7) is 4.13. The van der Waals surface area contributed by atoms with Crippen LogP contribution in [0.3, 0.4) is 0 Å². The van der Waals surface area contributed by atoms with E-state index in [2.05, 4.69) is 10.3 Å². The second-order valence-corrected chi connectivity index (χ2v) is 7.41. The first-order chi connectivity index (χ1) is 15.5. The number of hydrogen-bond donors (Lipinski definition) is 2. The van der Waals surface area contributed by atoms with Crippen molar-refractivity contribution in [3.8, 4) is 11.5 Å². The second-order valence-electron chi connectivity index (χ2n) is 7.41. The largest absolute Gasteiger partial charge is 0.488 e. The van der Waals surface area contributed by atoms with Crippen LogP contribution in [0, 0.1) is 0 Å². The van der Waals surface area contributed by atoms with E-state index in [4.69, 9.17) is 19.3 Å². The highest BCUT2D eigenvalue weighted by Gasteiger charge is 2.15. The summed E-state index contributed by atoms with van der Waals surface area (Å²) in [5, 5.41) is 11.9. The van der Waals surface area contributed by atoms with Gasteiger partial charge in [-0.15, -0.1) is 0 Å². The number of carbonyl (C=O) groups is 1. The molecule has 0 saturated carbocycles. The Kier molecular flexibility index (Phi) is 8.19. The zero-order valence-corrected chi connectivity index (χ0v) is 18.4. The van der Waals surface area contributed by atoms with E-state index in [-0.39, 0.29) is 24.7 Å². The van der Waals surface area contributed by atoms with Crippen LogP contribution in [0.5, 0.6) is 11.5 Å². The summed E-state index contributed by atoms with van der Waals surface area (Å²) in [7, 11) is 1.61. The van der Waals surface area contributed by atoms with Gasteiger partial charge in [0.25, 0.3) is 5.91 Å². The number of aromatic nitrogens is 1. The quantitative estimate of drug-likeness (QED) is 0.490. The minimum absolute atomic E-state index is 0.111. The monoisotopic (exact) mass is 436 g/mol. The van der Waals surface area contributed by atoms with Gasteiger partial charge < -0.3 is 24.6 Å². The van der Waals surface area contributed by atoms with Crippen LogP contribution in [-0.4, -0.2) is 35.8 Å². The number of nitrogens with one attached hydrogen (secondary N) is 1. The lowest BCUT2D eigenvalue weighted by Gasteiger charge is -2.19. The van der Waals surface area contributed by atoms with Crippen molar-refractivity contribution in [1.82, 2.24) is 4.98 Å². The van der Waals surface area contributed by atoms with E-state index in [0.717, 1.165) is 5.56 Å². The number of aliphatic hydroxyl groups excluding tert-OH is 1. The lowest BCUT2D eigenvalue weighted by Crippen LogP contribution is -2.19. The minimum atomic E-state index is -0.351. The third-order valence-electron chi connectivity index (χ3n) is 4.71. The van der Waals surface area contributed by atoms with Crippen LogP contribution in [0.1, 0.15) is 41.4 Å². The molecular weight excluding hydrogens is 408 g/mol. The van der Waals surface area contributed by atoms with E-state index in [1.165, 1.54) is 6.20 Å². The second kappa shape index (κ2) is 11.3. The van der Waals surface area contributed by atoms with Crippen molar-refractivity contribution in [2.24, 2.45) is 0 Å². The molecule has 0 aliphatic rings. The van der Waals surface area contributed by atoms with Gasteiger partial charge in [-0.2, -0.15) is 0 Å². The summed E-state index contributed by atoms with van der Waals surface area (Å²) >= 11 is 0. The summed E-state index contributed by atoms with van der Waals surface area (Å²) in [5.41, 5.74) is 2.05. The van der Waals surface area contributed by atoms with Crippen LogP contribution in [0.25, 0.3) is 0 Å². The van der Waals surface area contributed by atoms with Crippen LogP contribution >= 0.6 is 0 Å². The van der Waals surface area contributed by atoms with E-state index in [1.807, 2.05) is 44.2 Å². The first-order valence-electron chi connectivity index (χ1n) is 10.4. The van der Waals surface area contributed by atoms with Crippen LogP contribution < -0.4 is 14.8 Å². The number of ether oxygens (including phenoxy) is 3. The number of benzene rings is 2. The Bertz CT molecular complexity index is 1010. The van der Waals surface area contributed by atoms with Crippen LogP contribution in [-0.2, 0) is 11.3 Å². The Labute approximate surface area is 188 Å².